The lowest BCUT2D eigenvalue weighted by molar-refractivity contribution is 0.521. The minimum Gasteiger partial charge on any atom is -0.367 e. The van der Waals surface area contributed by atoms with Crippen molar-refractivity contribution in [1.29, 1.82) is 0 Å². The highest BCUT2D eigenvalue weighted by atomic mass is 15.2. The Kier molecular flexibility index (Phi) is 5.19. The van der Waals surface area contributed by atoms with E-state index in [1.54, 1.807) is 6.20 Å². The molecule has 1 saturated heterocycles. The molecule has 0 unspecified atom stereocenters. The molecule has 3 aromatic rings. The van der Waals surface area contributed by atoms with Crippen LogP contribution < -0.4 is 10.2 Å². The highest BCUT2D eigenvalue weighted by Gasteiger charge is 2.23. The maximum Gasteiger partial charge on any atom is 0.180 e. The summed E-state index contributed by atoms with van der Waals surface area (Å²) < 4.78 is 0. The summed E-state index contributed by atoms with van der Waals surface area (Å²) in [5, 5.41) is 3.58. The van der Waals surface area contributed by atoms with Gasteiger partial charge >= 0.3 is 0 Å². The third kappa shape index (κ3) is 3.96. The van der Waals surface area contributed by atoms with E-state index in [1.807, 2.05) is 50.2 Å². The van der Waals surface area contributed by atoms with Crippen molar-refractivity contribution in [2.45, 2.75) is 39.7 Å². The largest absolute Gasteiger partial charge is 0.367 e. The number of hydrogen-bond acceptors (Lipinski definition) is 6. The van der Waals surface area contributed by atoms with Gasteiger partial charge in [0.05, 0.1) is 0 Å². The smallest absolute Gasteiger partial charge is 0.180 e. The number of nitrogens with zero attached hydrogens (tertiary/aromatic N) is 5. The Balaban J connectivity index is 1.49. The molecule has 144 valence electrons. The van der Waals surface area contributed by atoms with Gasteiger partial charge in [-0.25, -0.2) is 15.0 Å². The van der Waals surface area contributed by atoms with Crippen LogP contribution in [0.3, 0.4) is 0 Å². The first-order chi connectivity index (χ1) is 13.6. The Hall–Kier alpha value is -3.02. The van der Waals surface area contributed by atoms with Crippen LogP contribution in [0.4, 0.5) is 11.6 Å². The van der Waals surface area contributed by atoms with Crippen molar-refractivity contribution in [3.63, 3.8) is 0 Å². The van der Waals surface area contributed by atoms with Gasteiger partial charge in [0.2, 0.25) is 0 Å². The van der Waals surface area contributed by atoms with Crippen LogP contribution in [0, 0.1) is 20.8 Å². The molecule has 0 amide bonds. The molecule has 4 rings (SSSR count). The molecule has 0 spiro atoms. The average molecular weight is 374 g/mol. The fourth-order valence-electron chi connectivity index (χ4n) is 3.60. The maximum absolute atomic E-state index is 4.87. The van der Waals surface area contributed by atoms with E-state index in [1.165, 1.54) is 0 Å². The molecule has 28 heavy (non-hydrogen) atoms. The van der Waals surface area contributed by atoms with Gasteiger partial charge in [0.15, 0.2) is 5.82 Å². The molecule has 0 bridgehead atoms. The third-order valence-corrected chi connectivity index (χ3v) is 5.29. The lowest BCUT2D eigenvalue weighted by Gasteiger charge is -2.34. The first kappa shape index (κ1) is 18.3. The zero-order chi connectivity index (χ0) is 19.5. The van der Waals surface area contributed by atoms with Crippen LogP contribution in [-0.4, -0.2) is 39.1 Å². The summed E-state index contributed by atoms with van der Waals surface area (Å²) >= 11 is 0. The Morgan fingerprint density at radius 3 is 2.46 bits per heavy atom. The number of aromatic nitrogens is 4. The van der Waals surface area contributed by atoms with Crippen LogP contribution in [0.25, 0.3) is 11.5 Å². The molecule has 4 heterocycles. The number of rotatable bonds is 4. The van der Waals surface area contributed by atoms with E-state index in [-0.39, 0.29) is 0 Å². The van der Waals surface area contributed by atoms with Crippen molar-refractivity contribution >= 4 is 11.6 Å². The van der Waals surface area contributed by atoms with E-state index < -0.39 is 0 Å². The van der Waals surface area contributed by atoms with Gasteiger partial charge in [0.1, 0.15) is 17.3 Å². The van der Waals surface area contributed by atoms with E-state index in [4.69, 9.17) is 4.98 Å². The van der Waals surface area contributed by atoms with Crippen LogP contribution in [-0.2, 0) is 0 Å². The number of aryl methyl sites for hydroxylation is 2. The fraction of sp³-hybridized carbons (Fsp3) is 0.364. The first-order valence-electron chi connectivity index (χ1n) is 9.82. The second-order valence-corrected chi connectivity index (χ2v) is 7.37. The highest BCUT2D eigenvalue weighted by Crippen LogP contribution is 2.26. The summed E-state index contributed by atoms with van der Waals surface area (Å²) in [5.74, 6) is 2.69. The Morgan fingerprint density at radius 2 is 1.75 bits per heavy atom. The van der Waals surface area contributed by atoms with Crippen LogP contribution in [0.5, 0.6) is 0 Å². The predicted octanol–water partition coefficient (Wildman–Crippen LogP) is 3.94. The molecular weight excluding hydrogens is 348 g/mol. The van der Waals surface area contributed by atoms with Gasteiger partial charge in [0.25, 0.3) is 0 Å². The summed E-state index contributed by atoms with van der Waals surface area (Å²) in [5.41, 5.74) is 4.01. The van der Waals surface area contributed by atoms with Crippen molar-refractivity contribution in [3.05, 3.63) is 59.5 Å². The minimum atomic E-state index is 0.434. The van der Waals surface area contributed by atoms with Gasteiger partial charge in [-0.15, -0.1) is 0 Å². The molecule has 1 fully saturated rings. The molecule has 0 aromatic carbocycles. The van der Waals surface area contributed by atoms with E-state index >= 15 is 0 Å². The molecule has 1 aliphatic rings. The average Bonchev–Trinajstić information content (AvgIpc) is 2.71. The van der Waals surface area contributed by atoms with Crippen molar-refractivity contribution < 1.29 is 0 Å². The number of piperidine rings is 1. The molecular formula is C22H26N6. The Bertz CT molecular complexity index is 948. The first-order valence-corrected chi connectivity index (χ1v) is 9.82. The maximum atomic E-state index is 4.87. The lowest BCUT2D eigenvalue weighted by atomic mass is 10.0. The monoisotopic (exact) mass is 374 g/mol. The second kappa shape index (κ2) is 7.92. The van der Waals surface area contributed by atoms with Crippen molar-refractivity contribution in [2.24, 2.45) is 0 Å². The minimum absolute atomic E-state index is 0.434. The number of anilines is 2. The molecule has 3 aromatic heterocycles. The van der Waals surface area contributed by atoms with E-state index in [9.17, 15) is 0 Å². The third-order valence-electron chi connectivity index (χ3n) is 5.29. The van der Waals surface area contributed by atoms with Gasteiger partial charge in [-0.05, 0) is 57.9 Å². The molecule has 0 radical (unpaired) electrons. The topological polar surface area (TPSA) is 66.8 Å². The van der Waals surface area contributed by atoms with Gasteiger partial charge < -0.3 is 10.2 Å². The zero-order valence-corrected chi connectivity index (χ0v) is 16.7. The Labute approximate surface area is 166 Å². The lowest BCUT2D eigenvalue weighted by Crippen LogP contribution is -2.40. The number of hydrogen-bond donors (Lipinski definition) is 1. The summed E-state index contributed by atoms with van der Waals surface area (Å²) in [6, 6.07) is 12.4. The van der Waals surface area contributed by atoms with Crippen molar-refractivity contribution in [2.75, 3.05) is 23.3 Å². The van der Waals surface area contributed by atoms with Gasteiger partial charge in [-0.3, -0.25) is 4.98 Å². The molecule has 0 aliphatic carbocycles. The predicted molar refractivity (Wildman–Crippen MR) is 113 cm³/mol. The SMILES string of the molecule is Cc1cccc(NC2CCN(c3nc(-c4ccccn4)nc(C)c3C)CC2)n1. The van der Waals surface area contributed by atoms with Crippen LogP contribution in [0.1, 0.15) is 29.8 Å². The molecule has 0 atom stereocenters. The quantitative estimate of drug-likeness (QED) is 0.746. The molecule has 1 N–H and O–H groups in total. The van der Waals surface area contributed by atoms with Crippen molar-refractivity contribution in [1.82, 2.24) is 19.9 Å². The van der Waals surface area contributed by atoms with E-state index in [2.05, 4.69) is 32.1 Å². The molecule has 6 nitrogen and oxygen atoms in total. The van der Waals surface area contributed by atoms with Gasteiger partial charge in [-0.1, -0.05) is 12.1 Å². The summed E-state index contributed by atoms with van der Waals surface area (Å²) in [6.07, 6.45) is 3.89. The fourth-order valence-corrected chi connectivity index (χ4v) is 3.60. The molecule has 1 aliphatic heterocycles. The summed E-state index contributed by atoms with van der Waals surface area (Å²) in [7, 11) is 0. The molecule has 0 saturated carbocycles. The standard InChI is InChI=1S/C22H26N6/c1-15-7-6-9-20(24-15)26-18-10-13-28(14-11-18)22-16(2)17(3)25-21(27-22)19-8-4-5-12-23-19/h4-9,12,18H,10-11,13-14H2,1-3H3,(H,24,26). The van der Waals surface area contributed by atoms with E-state index in [0.717, 1.165) is 60.2 Å². The summed E-state index contributed by atoms with van der Waals surface area (Å²) in [4.78, 5) is 20.9. The normalized spacial score (nSPS) is 14.9. The van der Waals surface area contributed by atoms with Crippen molar-refractivity contribution in [3.8, 4) is 11.5 Å². The van der Waals surface area contributed by atoms with Crippen LogP contribution >= 0.6 is 0 Å². The zero-order valence-electron chi connectivity index (χ0n) is 16.7. The Morgan fingerprint density at radius 1 is 0.929 bits per heavy atom. The number of pyridine rings is 2. The molecule has 6 heteroatoms. The number of nitrogens with one attached hydrogen (secondary N) is 1. The van der Waals surface area contributed by atoms with Crippen LogP contribution in [0.2, 0.25) is 0 Å². The second-order valence-electron chi connectivity index (χ2n) is 7.37. The van der Waals surface area contributed by atoms with Crippen LogP contribution in [0.15, 0.2) is 42.6 Å². The van der Waals surface area contributed by atoms with E-state index in [0.29, 0.717) is 11.9 Å². The highest BCUT2D eigenvalue weighted by molar-refractivity contribution is 5.57. The van der Waals surface area contributed by atoms with Gasteiger partial charge in [-0.2, -0.15) is 0 Å². The summed E-state index contributed by atoms with van der Waals surface area (Å²) in [6.45, 7) is 8.09. The van der Waals surface area contributed by atoms with Gasteiger partial charge in [0, 0.05) is 42.3 Å².